The Hall–Kier alpha value is -1.50. The van der Waals surface area contributed by atoms with Crippen LogP contribution in [0.1, 0.15) is 18.4 Å². The molecule has 0 unspecified atom stereocenters. The van der Waals surface area contributed by atoms with Crippen molar-refractivity contribution < 1.29 is 14.4 Å². The summed E-state index contributed by atoms with van der Waals surface area (Å²) in [7, 11) is 0. The number of amides is 3. The highest BCUT2D eigenvalue weighted by atomic mass is 35.5. The van der Waals surface area contributed by atoms with E-state index in [0.717, 1.165) is 29.5 Å². The Balaban J connectivity index is 1.75. The van der Waals surface area contributed by atoms with Crippen LogP contribution in [0.2, 0.25) is 10.0 Å². The Kier molecular flexibility index (Phi) is 5.18. The fourth-order valence-electron chi connectivity index (χ4n) is 2.60. The van der Waals surface area contributed by atoms with Gasteiger partial charge in [0.1, 0.15) is 6.54 Å². The van der Waals surface area contributed by atoms with Gasteiger partial charge in [0, 0.05) is 23.1 Å². The SMILES string of the molecule is O=C(CN1C(=O)S/C(=C\c2ccc(Cl)cc2Cl)C1=O)N1CCCC1. The van der Waals surface area contributed by atoms with Crippen LogP contribution in [0.4, 0.5) is 4.79 Å². The monoisotopic (exact) mass is 384 g/mol. The van der Waals surface area contributed by atoms with Gasteiger partial charge in [-0.15, -0.1) is 0 Å². The zero-order valence-electron chi connectivity index (χ0n) is 12.6. The van der Waals surface area contributed by atoms with E-state index in [0.29, 0.717) is 28.7 Å². The summed E-state index contributed by atoms with van der Waals surface area (Å²) in [6, 6.07) is 4.89. The van der Waals surface area contributed by atoms with Crippen molar-refractivity contribution in [1.29, 1.82) is 0 Å². The van der Waals surface area contributed by atoms with Crippen molar-refractivity contribution in [1.82, 2.24) is 9.80 Å². The van der Waals surface area contributed by atoms with Gasteiger partial charge in [0.15, 0.2) is 0 Å². The van der Waals surface area contributed by atoms with Crippen molar-refractivity contribution >= 4 is 58.1 Å². The van der Waals surface area contributed by atoms with E-state index in [4.69, 9.17) is 23.2 Å². The molecule has 2 aliphatic heterocycles. The number of rotatable bonds is 3. The number of carbonyl (C=O) groups is 3. The van der Waals surface area contributed by atoms with Gasteiger partial charge >= 0.3 is 0 Å². The molecule has 0 bridgehead atoms. The van der Waals surface area contributed by atoms with Crippen molar-refractivity contribution in [3.05, 3.63) is 38.7 Å². The van der Waals surface area contributed by atoms with Crippen molar-refractivity contribution in [3.63, 3.8) is 0 Å². The maximum absolute atomic E-state index is 12.4. The molecule has 2 aliphatic rings. The number of thioether (sulfide) groups is 1. The van der Waals surface area contributed by atoms with E-state index < -0.39 is 11.1 Å². The second kappa shape index (κ2) is 7.17. The number of nitrogens with zero attached hydrogens (tertiary/aromatic N) is 2. The Morgan fingerprint density at radius 3 is 2.58 bits per heavy atom. The highest BCUT2D eigenvalue weighted by molar-refractivity contribution is 8.18. The molecule has 5 nitrogen and oxygen atoms in total. The standard InChI is InChI=1S/C16H14Cl2N2O3S/c17-11-4-3-10(12(18)8-11)7-13-15(22)20(16(23)24-13)9-14(21)19-5-1-2-6-19/h3-4,7-8H,1-2,5-6,9H2/b13-7-. The minimum atomic E-state index is -0.469. The summed E-state index contributed by atoms with van der Waals surface area (Å²) in [6.07, 6.45) is 3.47. The number of imide groups is 1. The maximum atomic E-state index is 12.4. The second-order valence-corrected chi connectivity index (χ2v) is 7.36. The normalized spacial score (nSPS) is 19.7. The van der Waals surface area contributed by atoms with Crippen LogP contribution in [0.3, 0.4) is 0 Å². The molecule has 126 valence electrons. The Morgan fingerprint density at radius 1 is 1.21 bits per heavy atom. The molecule has 3 rings (SSSR count). The first-order valence-electron chi connectivity index (χ1n) is 7.44. The molecule has 2 saturated heterocycles. The van der Waals surface area contributed by atoms with Crippen LogP contribution in [0.5, 0.6) is 0 Å². The lowest BCUT2D eigenvalue weighted by Crippen LogP contribution is -2.40. The average Bonchev–Trinajstić information content (AvgIpc) is 3.15. The molecular formula is C16H14Cl2N2O3S. The number of benzene rings is 1. The Bertz CT molecular complexity index is 745. The van der Waals surface area contributed by atoms with E-state index in [1.54, 1.807) is 29.2 Å². The van der Waals surface area contributed by atoms with E-state index in [1.807, 2.05) is 0 Å². The molecule has 0 radical (unpaired) electrons. The molecule has 1 aromatic rings. The van der Waals surface area contributed by atoms with Crippen molar-refractivity contribution in [2.45, 2.75) is 12.8 Å². The van der Waals surface area contributed by atoms with E-state index in [-0.39, 0.29) is 17.4 Å². The fourth-order valence-corrected chi connectivity index (χ4v) is 3.89. The van der Waals surface area contributed by atoms with Crippen LogP contribution in [-0.2, 0) is 9.59 Å². The zero-order valence-corrected chi connectivity index (χ0v) is 15.0. The van der Waals surface area contributed by atoms with Crippen molar-refractivity contribution in [3.8, 4) is 0 Å². The van der Waals surface area contributed by atoms with Gasteiger partial charge in [-0.2, -0.15) is 0 Å². The third-order valence-corrected chi connectivity index (χ3v) is 5.34. The lowest BCUT2D eigenvalue weighted by Gasteiger charge is -2.18. The summed E-state index contributed by atoms with van der Waals surface area (Å²) in [5.74, 6) is -0.663. The lowest BCUT2D eigenvalue weighted by atomic mass is 10.2. The smallest absolute Gasteiger partial charge is 0.294 e. The zero-order chi connectivity index (χ0) is 17.3. The molecule has 0 atom stereocenters. The number of hydrogen-bond donors (Lipinski definition) is 0. The fraction of sp³-hybridized carbons (Fsp3) is 0.312. The van der Waals surface area contributed by atoms with Crippen LogP contribution >= 0.6 is 35.0 Å². The summed E-state index contributed by atoms with van der Waals surface area (Å²) in [5.41, 5.74) is 0.595. The van der Waals surface area contributed by atoms with Crippen LogP contribution in [-0.4, -0.2) is 46.5 Å². The van der Waals surface area contributed by atoms with E-state index in [9.17, 15) is 14.4 Å². The van der Waals surface area contributed by atoms with Gasteiger partial charge in [-0.25, -0.2) is 0 Å². The largest absolute Gasteiger partial charge is 0.341 e. The topological polar surface area (TPSA) is 57.7 Å². The predicted molar refractivity (Wildman–Crippen MR) is 95.0 cm³/mol. The molecule has 1 aromatic carbocycles. The average molecular weight is 385 g/mol. The summed E-state index contributed by atoms with van der Waals surface area (Å²) < 4.78 is 0. The third kappa shape index (κ3) is 3.61. The van der Waals surface area contributed by atoms with Crippen LogP contribution in [0.15, 0.2) is 23.1 Å². The van der Waals surface area contributed by atoms with E-state index in [2.05, 4.69) is 0 Å². The maximum Gasteiger partial charge on any atom is 0.294 e. The molecule has 24 heavy (non-hydrogen) atoms. The van der Waals surface area contributed by atoms with Gasteiger partial charge in [-0.05, 0) is 48.4 Å². The minimum absolute atomic E-state index is 0.194. The van der Waals surface area contributed by atoms with Gasteiger partial charge in [0.2, 0.25) is 5.91 Å². The molecule has 0 aromatic heterocycles. The third-order valence-electron chi connectivity index (χ3n) is 3.87. The first-order chi connectivity index (χ1) is 11.5. The van der Waals surface area contributed by atoms with E-state index in [1.165, 1.54) is 0 Å². The van der Waals surface area contributed by atoms with Crippen LogP contribution in [0, 0.1) is 0 Å². The second-order valence-electron chi connectivity index (χ2n) is 5.52. The van der Waals surface area contributed by atoms with Crippen molar-refractivity contribution in [2.24, 2.45) is 0 Å². The molecule has 8 heteroatoms. The quantitative estimate of drug-likeness (QED) is 0.746. The molecule has 0 spiro atoms. The molecule has 0 saturated carbocycles. The first kappa shape index (κ1) is 17.3. The van der Waals surface area contributed by atoms with Gasteiger partial charge in [-0.1, -0.05) is 29.3 Å². The summed E-state index contributed by atoms with van der Waals surface area (Å²) in [6.45, 7) is 1.16. The van der Waals surface area contributed by atoms with Gasteiger partial charge < -0.3 is 4.90 Å². The molecule has 0 N–H and O–H groups in total. The molecule has 0 aliphatic carbocycles. The molecular weight excluding hydrogens is 371 g/mol. The van der Waals surface area contributed by atoms with Gasteiger partial charge in [0.25, 0.3) is 11.1 Å². The van der Waals surface area contributed by atoms with E-state index >= 15 is 0 Å². The van der Waals surface area contributed by atoms with Crippen molar-refractivity contribution in [2.75, 3.05) is 19.6 Å². The van der Waals surface area contributed by atoms with Crippen LogP contribution < -0.4 is 0 Å². The molecule has 3 amide bonds. The highest BCUT2D eigenvalue weighted by Gasteiger charge is 2.37. The molecule has 2 fully saturated rings. The predicted octanol–water partition coefficient (Wildman–Crippen LogP) is 3.65. The number of likely N-dealkylation sites (tertiary alicyclic amines) is 1. The Labute approximate surface area is 153 Å². The highest BCUT2D eigenvalue weighted by Crippen LogP contribution is 2.34. The number of halogens is 2. The Morgan fingerprint density at radius 2 is 1.92 bits per heavy atom. The van der Waals surface area contributed by atoms with Gasteiger partial charge in [-0.3, -0.25) is 19.3 Å². The summed E-state index contributed by atoms with van der Waals surface area (Å²) in [5, 5.41) is 0.438. The summed E-state index contributed by atoms with van der Waals surface area (Å²) >= 11 is 12.7. The molecule has 2 heterocycles. The summed E-state index contributed by atoms with van der Waals surface area (Å²) in [4.78, 5) is 39.6. The lowest BCUT2D eigenvalue weighted by molar-refractivity contribution is -0.135. The van der Waals surface area contributed by atoms with Gasteiger partial charge in [0.05, 0.1) is 4.91 Å². The number of carbonyl (C=O) groups excluding carboxylic acids is 3. The number of hydrogen-bond acceptors (Lipinski definition) is 4. The first-order valence-corrected chi connectivity index (χ1v) is 9.01. The van der Waals surface area contributed by atoms with Crippen LogP contribution in [0.25, 0.3) is 6.08 Å². The minimum Gasteiger partial charge on any atom is -0.341 e.